The molecule has 1 aromatic carbocycles. The molecule has 19 heavy (non-hydrogen) atoms. The lowest BCUT2D eigenvalue weighted by Gasteiger charge is -2.23. The Kier molecular flexibility index (Phi) is 6.34. The van der Waals surface area contributed by atoms with Crippen LogP contribution < -0.4 is 10.1 Å². The molecule has 4 heteroatoms. The second-order valence-electron chi connectivity index (χ2n) is 4.96. The summed E-state index contributed by atoms with van der Waals surface area (Å²) in [5, 5.41) is 12.0. The molecule has 0 spiro atoms. The van der Waals surface area contributed by atoms with Crippen LogP contribution in [0.1, 0.15) is 25.5 Å². The SMILES string of the molecule is CC(NCC(C)N(C)C)c1ccc(OCC#N)cc1. The summed E-state index contributed by atoms with van der Waals surface area (Å²) in [7, 11) is 4.16. The third-order valence-electron chi connectivity index (χ3n) is 3.28. The van der Waals surface area contributed by atoms with Crippen molar-refractivity contribution in [1.29, 1.82) is 5.26 Å². The van der Waals surface area contributed by atoms with E-state index in [-0.39, 0.29) is 6.61 Å². The lowest BCUT2D eigenvalue weighted by atomic mass is 10.1. The van der Waals surface area contributed by atoms with Crippen molar-refractivity contribution in [3.05, 3.63) is 29.8 Å². The van der Waals surface area contributed by atoms with Gasteiger partial charge in [0.05, 0.1) is 0 Å². The van der Waals surface area contributed by atoms with E-state index >= 15 is 0 Å². The van der Waals surface area contributed by atoms with Crippen molar-refractivity contribution >= 4 is 0 Å². The highest BCUT2D eigenvalue weighted by atomic mass is 16.5. The molecule has 0 aliphatic heterocycles. The standard InChI is InChI=1S/C15H23N3O/c1-12(18(3)4)11-17-13(2)14-5-7-15(8-6-14)19-10-9-16/h5-8,12-13,17H,10-11H2,1-4H3. The van der Waals surface area contributed by atoms with Crippen molar-refractivity contribution in [3.63, 3.8) is 0 Å². The van der Waals surface area contributed by atoms with Gasteiger partial charge in [0.25, 0.3) is 0 Å². The normalized spacial score (nSPS) is 13.9. The minimum Gasteiger partial charge on any atom is -0.479 e. The van der Waals surface area contributed by atoms with Gasteiger partial charge in [-0.05, 0) is 45.6 Å². The molecule has 2 atom stereocenters. The van der Waals surface area contributed by atoms with Gasteiger partial charge in [-0.15, -0.1) is 0 Å². The van der Waals surface area contributed by atoms with Crippen LogP contribution in [0.3, 0.4) is 0 Å². The maximum Gasteiger partial charge on any atom is 0.174 e. The van der Waals surface area contributed by atoms with Gasteiger partial charge < -0.3 is 15.0 Å². The van der Waals surface area contributed by atoms with E-state index in [0.29, 0.717) is 12.1 Å². The molecule has 1 rings (SSSR count). The Bertz CT molecular complexity index is 408. The Labute approximate surface area is 116 Å². The number of nitrogens with zero attached hydrogens (tertiary/aromatic N) is 2. The Balaban J connectivity index is 2.49. The third-order valence-corrected chi connectivity index (χ3v) is 3.28. The fourth-order valence-electron chi connectivity index (χ4n) is 1.62. The van der Waals surface area contributed by atoms with Crippen LogP contribution in [0.2, 0.25) is 0 Å². The molecule has 0 aliphatic carbocycles. The number of benzene rings is 1. The summed E-state index contributed by atoms with van der Waals surface area (Å²) < 4.78 is 5.23. The molecule has 0 heterocycles. The molecule has 0 aromatic heterocycles. The summed E-state index contributed by atoms with van der Waals surface area (Å²) in [6.45, 7) is 5.38. The predicted molar refractivity (Wildman–Crippen MR) is 77.1 cm³/mol. The van der Waals surface area contributed by atoms with Crippen molar-refractivity contribution in [1.82, 2.24) is 10.2 Å². The minimum absolute atomic E-state index is 0.0908. The number of hydrogen-bond donors (Lipinski definition) is 1. The molecule has 0 fully saturated rings. The van der Waals surface area contributed by atoms with Crippen molar-refractivity contribution in [3.8, 4) is 11.8 Å². The molecule has 4 nitrogen and oxygen atoms in total. The van der Waals surface area contributed by atoms with Gasteiger partial charge in [-0.1, -0.05) is 12.1 Å². The van der Waals surface area contributed by atoms with Gasteiger partial charge in [0.1, 0.15) is 11.8 Å². The van der Waals surface area contributed by atoms with E-state index in [4.69, 9.17) is 10.00 Å². The molecule has 0 amide bonds. The van der Waals surface area contributed by atoms with E-state index < -0.39 is 0 Å². The fraction of sp³-hybridized carbons (Fsp3) is 0.533. The first kappa shape index (κ1) is 15.5. The zero-order valence-corrected chi connectivity index (χ0v) is 12.2. The Morgan fingerprint density at radius 2 is 1.89 bits per heavy atom. The first-order valence-corrected chi connectivity index (χ1v) is 6.54. The number of rotatable bonds is 7. The van der Waals surface area contributed by atoms with Crippen LogP contribution >= 0.6 is 0 Å². The molecule has 0 aliphatic rings. The Morgan fingerprint density at radius 3 is 2.42 bits per heavy atom. The van der Waals surface area contributed by atoms with Gasteiger partial charge in [-0.3, -0.25) is 0 Å². The van der Waals surface area contributed by atoms with Crippen LogP contribution in [0, 0.1) is 11.3 Å². The van der Waals surface area contributed by atoms with E-state index in [1.54, 1.807) is 0 Å². The van der Waals surface area contributed by atoms with Crippen molar-refractivity contribution in [2.45, 2.75) is 25.9 Å². The number of nitriles is 1. The summed E-state index contributed by atoms with van der Waals surface area (Å²) in [5.41, 5.74) is 1.22. The molecule has 0 radical (unpaired) electrons. The molecule has 0 saturated heterocycles. The van der Waals surface area contributed by atoms with Crippen LogP contribution in [0.15, 0.2) is 24.3 Å². The summed E-state index contributed by atoms with van der Waals surface area (Å²) in [6, 6.07) is 10.6. The second-order valence-corrected chi connectivity index (χ2v) is 4.96. The molecule has 1 aromatic rings. The van der Waals surface area contributed by atoms with Gasteiger partial charge in [-0.25, -0.2) is 0 Å². The molecule has 2 unspecified atom stereocenters. The second kappa shape index (κ2) is 7.78. The maximum atomic E-state index is 8.45. The molecule has 104 valence electrons. The van der Waals surface area contributed by atoms with E-state index in [1.807, 2.05) is 30.3 Å². The summed E-state index contributed by atoms with van der Waals surface area (Å²) >= 11 is 0. The van der Waals surface area contributed by atoms with Gasteiger partial charge in [0, 0.05) is 18.6 Å². The molecule has 0 saturated carbocycles. The van der Waals surface area contributed by atoms with E-state index in [2.05, 4.69) is 38.2 Å². The number of ether oxygens (including phenoxy) is 1. The molecular formula is C15H23N3O. The van der Waals surface area contributed by atoms with E-state index in [9.17, 15) is 0 Å². The summed E-state index contributed by atoms with van der Waals surface area (Å²) in [6.07, 6.45) is 0. The van der Waals surface area contributed by atoms with Crippen LogP contribution in [-0.4, -0.2) is 38.2 Å². The quantitative estimate of drug-likeness (QED) is 0.817. The highest BCUT2D eigenvalue weighted by molar-refractivity contribution is 5.29. The Hall–Kier alpha value is -1.57. The maximum absolute atomic E-state index is 8.45. The summed E-state index contributed by atoms with van der Waals surface area (Å²) in [4.78, 5) is 2.19. The first-order chi connectivity index (χ1) is 9.04. The lowest BCUT2D eigenvalue weighted by Crippen LogP contribution is -2.36. The van der Waals surface area contributed by atoms with Gasteiger partial charge in [0.15, 0.2) is 6.61 Å². The fourth-order valence-corrected chi connectivity index (χ4v) is 1.62. The van der Waals surface area contributed by atoms with Crippen molar-refractivity contribution < 1.29 is 4.74 Å². The highest BCUT2D eigenvalue weighted by Crippen LogP contribution is 2.17. The van der Waals surface area contributed by atoms with Crippen molar-refractivity contribution in [2.24, 2.45) is 0 Å². The highest BCUT2D eigenvalue weighted by Gasteiger charge is 2.08. The van der Waals surface area contributed by atoms with Crippen LogP contribution in [-0.2, 0) is 0 Å². The van der Waals surface area contributed by atoms with Crippen molar-refractivity contribution in [2.75, 3.05) is 27.2 Å². The van der Waals surface area contributed by atoms with Crippen LogP contribution in [0.25, 0.3) is 0 Å². The van der Waals surface area contributed by atoms with Gasteiger partial charge in [0.2, 0.25) is 0 Å². The van der Waals surface area contributed by atoms with Crippen LogP contribution in [0.5, 0.6) is 5.75 Å². The average Bonchev–Trinajstić information content (AvgIpc) is 2.42. The zero-order valence-electron chi connectivity index (χ0n) is 12.2. The topological polar surface area (TPSA) is 48.3 Å². The predicted octanol–water partition coefficient (Wildman–Crippen LogP) is 2.19. The number of hydrogen-bond acceptors (Lipinski definition) is 4. The lowest BCUT2D eigenvalue weighted by molar-refractivity contribution is 0.295. The monoisotopic (exact) mass is 261 g/mol. The van der Waals surface area contributed by atoms with Gasteiger partial charge in [-0.2, -0.15) is 5.26 Å². The first-order valence-electron chi connectivity index (χ1n) is 6.54. The van der Waals surface area contributed by atoms with E-state index in [0.717, 1.165) is 12.3 Å². The van der Waals surface area contributed by atoms with Crippen LogP contribution in [0.4, 0.5) is 0 Å². The zero-order chi connectivity index (χ0) is 14.3. The largest absolute Gasteiger partial charge is 0.479 e. The van der Waals surface area contributed by atoms with Gasteiger partial charge >= 0.3 is 0 Å². The third kappa shape index (κ3) is 5.29. The summed E-state index contributed by atoms with van der Waals surface area (Å²) in [5.74, 6) is 0.735. The Morgan fingerprint density at radius 1 is 1.26 bits per heavy atom. The molecule has 1 N–H and O–H groups in total. The molecule has 0 bridgehead atoms. The number of likely N-dealkylation sites (N-methyl/N-ethyl adjacent to an activating group) is 1. The molecular weight excluding hydrogens is 238 g/mol. The minimum atomic E-state index is 0.0908. The smallest absolute Gasteiger partial charge is 0.174 e. The average molecular weight is 261 g/mol. The van der Waals surface area contributed by atoms with E-state index in [1.165, 1.54) is 5.56 Å². The number of nitrogens with one attached hydrogen (secondary N) is 1.